The molecule has 1 aliphatic heterocycles. The number of hydrogen-bond acceptors (Lipinski definition) is 3. The van der Waals surface area contributed by atoms with Gasteiger partial charge in [0.25, 0.3) is 0 Å². The highest BCUT2D eigenvalue weighted by Crippen LogP contribution is 1.95. The van der Waals surface area contributed by atoms with Crippen molar-refractivity contribution in [3.8, 4) is 0 Å². The molecule has 0 unspecified atom stereocenters. The summed E-state index contributed by atoms with van der Waals surface area (Å²) in [4.78, 5) is 2.51. The Morgan fingerprint density at radius 2 is 2.08 bits per heavy atom. The van der Waals surface area contributed by atoms with Gasteiger partial charge >= 0.3 is 0 Å². The summed E-state index contributed by atoms with van der Waals surface area (Å²) in [7, 11) is 0.675. The molecule has 2 radical (unpaired) electrons. The standard InChI is InChI=1S/C9H20N2OSi/c1-9(2)12-13-8-7-11-5-3-10-4-6-11/h9-10H,3-8H2,1-2H3. The van der Waals surface area contributed by atoms with Crippen molar-refractivity contribution in [2.75, 3.05) is 32.7 Å². The van der Waals surface area contributed by atoms with Crippen LogP contribution in [-0.2, 0) is 4.43 Å². The Bertz CT molecular complexity index is 127. The summed E-state index contributed by atoms with van der Waals surface area (Å²) in [6, 6.07) is 1.19. The van der Waals surface area contributed by atoms with Gasteiger partial charge in [0.15, 0.2) is 0 Å². The highest BCUT2D eigenvalue weighted by molar-refractivity contribution is 6.27. The molecule has 1 rings (SSSR count). The molecule has 3 nitrogen and oxygen atoms in total. The summed E-state index contributed by atoms with van der Waals surface area (Å²) in [5.74, 6) is 0. The van der Waals surface area contributed by atoms with E-state index in [9.17, 15) is 0 Å². The maximum atomic E-state index is 5.52. The van der Waals surface area contributed by atoms with E-state index in [1.54, 1.807) is 0 Å². The summed E-state index contributed by atoms with van der Waals surface area (Å²) < 4.78 is 5.52. The van der Waals surface area contributed by atoms with E-state index in [0.717, 1.165) is 13.1 Å². The first-order valence-electron chi connectivity index (χ1n) is 5.10. The Morgan fingerprint density at radius 3 is 2.69 bits per heavy atom. The lowest BCUT2D eigenvalue weighted by molar-refractivity contribution is 0.234. The summed E-state index contributed by atoms with van der Waals surface area (Å²) in [5, 5.41) is 3.35. The van der Waals surface area contributed by atoms with Gasteiger partial charge in [-0.25, -0.2) is 0 Å². The number of hydrogen-bond donors (Lipinski definition) is 1. The van der Waals surface area contributed by atoms with E-state index in [-0.39, 0.29) is 0 Å². The molecule has 0 aromatic rings. The molecule has 0 aromatic heterocycles. The van der Waals surface area contributed by atoms with E-state index in [0.29, 0.717) is 15.9 Å². The lowest BCUT2D eigenvalue weighted by atomic mass is 10.4. The Morgan fingerprint density at radius 1 is 1.38 bits per heavy atom. The van der Waals surface area contributed by atoms with Crippen LogP contribution in [0.4, 0.5) is 0 Å². The fourth-order valence-electron chi connectivity index (χ4n) is 1.36. The minimum atomic E-state index is 0.390. The van der Waals surface area contributed by atoms with Crippen LogP contribution in [0.15, 0.2) is 0 Å². The minimum absolute atomic E-state index is 0.390. The number of nitrogens with one attached hydrogen (secondary N) is 1. The number of rotatable bonds is 5. The second-order valence-electron chi connectivity index (χ2n) is 3.65. The highest BCUT2D eigenvalue weighted by Gasteiger charge is 2.08. The summed E-state index contributed by atoms with van der Waals surface area (Å²) in [6.45, 7) is 10.1. The second-order valence-corrected chi connectivity index (χ2v) is 4.68. The van der Waals surface area contributed by atoms with Gasteiger partial charge in [-0.2, -0.15) is 0 Å². The van der Waals surface area contributed by atoms with Crippen LogP contribution in [0.5, 0.6) is 0 Å². The molecule has 13 heavy (non-hydrogen) atoms. The van der Waals surface area contributed by atoms with Gasteiger partial charge in [0, 0.05) is 32.3 Å². The Hall–Kier alpha value is 0.0969. The van der Waals surface area contributed by atoms with E-state index < -0.39 is 0 Å². The second kappa shape index (κ2) is 6.54. The monoisotopic (exact) mass is 200 g/mol. The predicted octanol–water partition coefficient (Wildman–Crippen LogP) is 0.354. The van der Waals surface area contributed by atoms with Crippen molar-refractivity contribution < 1.29 is 4.43 Å². The fourth-order valence-corrected chi connectivity index (χ4v) is 2.22. The SMILES string of the molecule is CC(C)O[Si]CCN1CCNCC1. The average molecular weight is 200 g/mol. The van der Waals surface area contributed by atoms with Crippen molar-refractivity contribution in [2.45, 2.75) is 26.0 Å². The molecule has 0 amide bonds. The zero-order chi connectivity index (χ0) is 9.52. The van der Waals surface area contributed by atoms with Gasteiger partial charge in [-0.15, -0.1) is 0 Å². The maximum absolute atomic E-state index is 5.52. The smallest absolute Gasteiger partial charge is 0.231 e. The Balaban J connectivity index is 1.92. The number of piperazine rings is 1. The quantitative estimate of drug-likeness (QED) is 0.512. The normalized spacial score (nSPS) is 19.6. The van der Waals surface area contributed by atoms with Crippen molar-refractivity contribution in [3.63, 3.8) is 0 Å². The molecule has 1 N–H and O–H groups in total. The molecule has 76 valence electrons. The van der Waals surface area contributed by atoms with Crippen LogP contribution < -0.4 is 5.32 Å². The van der Waals surface area contributed by atoms with Gasteiger partial charge in [0.2, 0.25) is 9.76 Å². The van der Waals surface area contributed by atoms with Crippen LogP contribution in [0.3, 0.4) is 0 Å². The fraction of sp³-hybridized carbons (Fsp3) is 1.00. The maximum Gasteiger partial charge on any atom is 0.231 e. The van der Waals surface area contributed by atoms with Gasteiger partial charge in [0.1, 0.15) is 0 Å². The van der Waals surface area contributed by atoms with E-state index in [4.69, 9.17) is 4.43 Å². The Labute approximate surface area is 83.8 Å². The highest BCUT2D eigenvalue weighted by atomic mass is 28.2. The van der Waals surface area contributed by atoms with E-state index in [2.05, 4.69) is 24.1 Å². The van der Waals surface area contributed by atoms with Crippen LogP contribution in [-0.4, -0.2) is 53.5 Å². The number of nitrogens with zero attached hydrogens (tertiary/aromatic N) is 1. The van der Waals surface area contributed by atoms with Crippen LogP contribution in [0.2, 0.25) is 6.04 Å². The van der Waals surface area contributed by atoms with Crippen molar-refractivity contribution in [1.29, 1.82) is 0 Å². The minimum Gasteiger partial charge on any atom is -0.415 e. The largest absolute Gasteiger partial charge is 0.415 e. The van der Waals surface area contributed by atoms with Crippen LogP contribution in [0.1, 0.15) is 13.8 Å². The van der Waals surface area contributed by atoms with E-state index in [1.807, 2.05) is 0 Å². The molecule has 0 atom stereocenters. The predicted molar refractivity (Wildman–Crippen MR) is 56.1 cm³/mol. The zero-order valence-corrected chi connectivity index (χ0v) is 9.68. The molecule has 0 aliphatic carbocycles. The summed E-state index contributed by atoms with van der Waals surface area (Å²) >= 11 is 0. The average Bonchev–Trinajstić information content (AvgIpc) is 2.14. The van der Waals surface area contributed by atoms with Gasteiger partial charge in [-0.05, 0) is 26.4 Å². The van der Waals surface area contributed by atoms with Gasteiger partial charge < -0.3 is 14.6 Å². The summed E-state index contributed by atoms with van der Waals surface area (Å²) in [6.07, 6.45) is 0.390. The molecule has 1 aliphatic rings. The first-order valence-corrected chi connectivity index (χ1v) is 6.22. The van der Waals surface area contributed by atoms with Crippen LogP contribution in [0.25, 0.3) is 0 Å². The van der Waals surface area contributed by atoms with Crippen LogP contribution in [0, 0.1) is 0 Å². The third kappa shape index (κ3) is 5.41. The summed E-state index contributed by atoms with van der Waals surface area (Å²) in [5.41, 5.74) is 0. The third-order valence-electron chi connectivity index (χ3n) is 2.06. The van der Waals surface area contributed by atoms with Gasteiger partial charge in [-0.3, -0.25) is 0 Å². The van der Waals surface area contributed by atoms with Gasteiger partial charge in [-0.1, -0.05) is 0 Å². The molecule has 1 heterocycles. The van der Waals surface area contributed by atoms with Gasteiger partial charge in [0.05, 0.1) is 0 Å². The molecular formula is C9H20N2OSi. The van der Waals surface area contributed by atoms with Crippen molar-refractivity contribution in [1.82, 2.24) is 10.2 Å². The first kappa shape index (κ1) is 11.2. The molecule has 0 aromatic carbocycles. The first-order chi connectivity index (χ1) is 6.29. The molecule has 0 bridgehead atoms. The van der Waals surface area contributed by atoms with Crippen LogP contribution >= 0.6 is 0 Å². The molecule has 1 fully saturated rings. The van der Waals surface area contributed by atoms with E-state index >= 15 is 0 Å². The topological polar surface area (TPSA) is 24.5 Å². The molecule has 0 spiro atoms. The molecular weight excluding hydrogens is 180 g/mol. The lowest BCUT2D eigenvalue weighted by Gasteiger charge is -2.26. The molecule has 1 saturated heterocycles. The lowest BCUT2D eigenvalue weighted by Crippen LogP contribution is -2.43. The van der Waals surface area contributed by atoms with Crippen molar-refractivity contribution >= 4 is 9.76 Å². The zero-order valence-electron chi connectivity index (χ0n) is 8.68. The molecule has 0 saturated carbocycles. The third-order valence-corrected chi connectivity index (χ3v) is 3.12. The molecule has 4 heteroatoms. The van der Waals surface area contributed by atoms with Crippen molar-refractivity contribution in [2.24, 2.45) is 0 Å². The Kier molecular flexibility index (Phi) is 5.62. The van der Waals surface area contributed by atoms with Crippen molar-refractivity contribution in [3.05, 3.63) is 0 Å². The van der Waals surface area contributed by atoms with E-state index in [1.165, 1.54) is 25.7 Å².